The number of amides is 1. The normalized spacial score (nSPS) is 17.1. The average molecular weight is 433 g/mol. The topological polar surface area (TPSA) is 50.8 Å². The summed E-state index contributed by atoms with van der Waals surface area (Å²) in [6, 6.07) is 14.1. The molecular weight excluding hydrogens is 408 g/mol. The molecule has 0 aromatic heterocycles. The molecule has 0 atom stereocenters. The number of fused-ring (bicyclic) bond motifs is 1. The van der Waals surface area contributed by atoms with Crippen molar-refractivity contribution in [2.24, 2.45) is 0 Å². The van der Waals surface area contributed by atoms with Crippen LogP contribution in [-0.4, -0.2) is 48.9 Å². The Kier molecular flexibility index (Phi) is 6.85. The fourth-order valence-electron chi connectivity index (χ4n) is 3.62. The van der Waals surface area contributed by atoms with Crippen molar-refractivity contribution in [1.29, 1.82) is 0 Å². The van der Waals surface area contributed by atoms with Gasteiger partial charge in [0.15, 0.2) is 11.5 Å². The van der Waals surface area contributed by atoms with Crippen LogP contribution < -0.4 is 14.8 Å². The zero-order chi connectivity index (χ0) is 20.1. The van der Waals surface area contributed by atoms with E-state index in [0.717, 1.165) is 53.9 Å². The van der Waals surface area contributed by atoms with Gasteiger partial charge in [0, 0.05) is 35.6 Å². The number of nitrogens with one attached hydrogen (secondary N) is 1. The average Bonchev–Trinajstić information content (AvgIpc) is 2.75. The van der Waals surface area contributed by atoms with Gasteiger partial charge in [-0.25, -0.2) is 0 Å². The summed E-state index contributed by atoms with van der Waals surface area (Å²) in [5, 5.41) is 3.95. The quantitative estimate of drug-likeness (QED) is 0.699. The molecule has 2 heterocycles. The van der Waals surface area contributed by atoms with Crippen molar-refractivity contribution in [3.8, 4) is 11.5 Å². The van der Waals surface area contributed by atoms with Gasteiger partial charge in [0.1, 0.15) is 13.2 Å². The van der Waals surface area contributed by atoms with Crippen LogP contribution in [0.4, 0.5) is 0 Å². The van der Waals surface area contributed by atoms with Gasteiger partial charge in [-0.15, -0.1) is 11.8 Å². The molecule has 0 bridgehead atoms. The maximum absolute atomic E-state index is 12.4. The smallest absolute Gasteiger partial charge is 0.230 e. The lowest BCUT2D eigenvalue weighted by Gasteiger charge is -2.32. The van der Waals surface area contributed by atoms with Crippen molar-refractivity contribution in [2.45, 2.75) is 30.3 Å². The summed E-state index contributed by atoms with van der Waals surface area (Å²) >= 11 is 7.48. The number of carbonyl (C=O) groups excluding carboxylic acids is 1. The molecule has 1 amide bonds. The third kappa shape index (κ3) is 5.81. The highest BCUT2D eigenvalue weighted by atomic mass is 35.5. The summed E-state index contributed by atoms with van der Waals surface area (Å²) in [6.45, 7) is 4.06. The second-order valence-electron chi connectivity index (χ2n) is 7.34. The predicted octanol–water partition coefficient (Wildman–Crippen LogP) is 3.98. The summed E-state index contributed by atoms with van der Waals surface area (Å²) in [6.07, 6.45) is 1.96. The second-order valence-corrected chi connectivity index (χ2v) is 8.82. The molecule has 29 heavy (non-hydrogen) atoms. The van der Waals surface area contributed by atoms with Crippen molar-refractivity contribution < 1.29 is 14.3 Å². The minimum Gasteiger partial charge on any atom is -0.486 e. The number of benzene rings is 2. The first kappa shape index (κ1) is 20.4. The molecule has 2 aliphatic heterocycles. The minimum atomic E-state index is 0.0843. The van der Waals surface area contributed by atoms with Gasteiger partial charge in [0.05, 0.1) is 5.75 Å². The molecule has 1 fully saturated rings. The molecule has 2 aliphatic rings. The van der Waals surface area contributed by atoms with Gasteiger partial charge in [-0.2, -0.15) is 0 Å². The van der Waals surface area contributed by atoms with Crippen LogP contribution in [0.15, 0.2) is 47.4 Å². The van der Waals surface area contributed by atoms with Crippen LogP contribution in [0.2, 0.25) is 5.02 Å². The van der Waals surface area contributed by atoms with E-state index in [0.29, 0.717) is 19.0 Å². The van der Waals surface area contributed by atoms with Crippen molar-refractivity contribution >= 4 is 29.3 Å². The van der Waals surface area contributed by atoms with Gasteiger partial charge >= 0.3 is 0 Å². The van der Waals surface area contributed by atoms with E-state index < -0.39 is 0 Å². The minimum absolute atomic E-state index is 0.0843. The van der Waals surface area contributed by atoms with E-state index in [9.17, 15) is 4.79 Å². The number of nitrogens with zero attached hydrogens (tertiary/aromatic N) is 1. The molecule has 0 aliphatic carbocycles. The highest BCUT2D eigenvalue weighted by molar-refractivity contribution is 8.00. The van der Waals surface area contributed by atoms with Crippen LogP contribution >= 0.6 is 23.4 Å². The second kappa shape index (κ2) is 9.74. The van der Waals surface area contributed by atoms with E-state index in [4.69, 9.17) is 21.1 Å². The lowest BCUT2D eigenvalue weighted by Crippen LogP contribution is -2.44. The molecule has 2 aromatic carbocycles. The molecule has 1 N–H and O–H groups in total. The van der Waals surface area contributed by atoms with Crippen LogP contribution in [0, 0.1) is 0 Å². The number of hydrogen-bond donors (Lipinski definition) is 1. The van der Waals surface area contributed by atoms with Crippen LogP contribution in [-0.2, 0) is 11.3 Å². The molecule has 0 saturated carbocycles. The molecule has 0 unspecified atom stereocenters. The van der Waals surface area contributed by atoms with Crippen molar-refractivity contribution in [1.82, 2.24) is 10.2 Å². The predicted molar refractivity (Wildman–Crippen MR) is 116 cm³/mol. The maximum Gasteiger partial charge on any atom is 0.230 e. The number of carbonyl (C=O) groups is 1. The molecule has 0 spiro atoms. The Balaban J connectivity index is 1.18. The van der Waals surface area contributed by atoms with Gasteiger partial charge in [-0.1, -0.05) is 23.7 Å². The standard InChI is InChI=1S/C22H25ClN2O3S/c23-17-3-1-16(2-4-17)14-25-9-7-18(8-10-25)24-22(26)15-29-19-5-6-20-21(13-19)28-12-11-27-20/h1-6,13,18H,7-12,14-15H2,(H,24,26). The van der Waals surface area contributed by atoms with Gasteiger partial charge < -0.3 is 14.8 Å². The van der Waals surface area contributed by atoms with E-state index >= 15 is 0 Å². The third-order valence-electron chi connectivity index (χ3n) is 5.16. The number of likely N-dealkylation sites (tertiary alicyclic amines) is 1. The Morgan fingerprint density at radius 3 is 2.55 bits per heavy atom. The summed E-state index contributed by atoms with van der Waals surface area (Å²) < 4.78 is 11.1. The zero-order valence-electron chi connectivity index (χ0n) is 16.2. The van der Waals surface area contributed by atoms with Gasteiger partial charge in [-0.05, 0) is 48.7 Å². The Labute approximate surface area is 180 Å². The number of piperidine rings is 1. The number of hydrogen-bond acceptors (Lipinski definition) is 5. The largest absolute Gasteiger partial charge is 0.486 e. The molecule has 1 saturated heterocycles. The first-order valence-electron chi connectivity index (χ1n) is 9.94. The summed E-state index contributed by atoms with van der Waals surface area (Å²) in [5.41, 5.74) is 1.27. The molecule has 2 aromatic rings. The summed E-state index contributed by atoms with van der Waals surface area (Å²) in [7, 11) is 0. The molecule has 7 heteroatoms. The van der Waals surface area contributed by atoms with Crippen molar-refractivity contribution in [3.63, 3.8) is 0 Å². The van der Waals surface area contributed by atoms with Crippen molar-refractivity contribution in [2.75, 3.05) is 32.1 Å². The Hall–Kier alpha value is -1.89. The van der Waals surface area contributed by atoms with Gasteiger partial charge in [0.25, 0.3) is 0 Å². The monoisotopic (exact) mass is 432 g/mol. The first-order chi connectivity index (χ1) is 14.2. The van der Waals surface area contributed by atoms with E-state index in [1.54, 1.807) is 0 Å². The molecule has 4 rings (SSSR count). The van der Waals surface area contributed by atoms with E-state index in [1.807, 2.05) is 30.3 Å². The Morgan fingerprint density at radius 1 is 1.07 bits per heavy atom. The number of halogens is 1. The van der Waals surface area contributed by atoms with Crippen molar-refractivity contribution in [3.05, 3.63) is 53.1 Å². The highest BCUT2D eigenvalue weighted by Gasteiger charge is 2.21. The lowest BCUT2D eigenvalue weighted by atomic mass is 10.0. The maximum atomic E-state index is 12.4. The summed E-state index contributed by atoms with van der Waals surface area (Å²) in [5.74, 6) is 2.02. The number of thioether (sulfide) groups is 1. The Morgan fingerprint density at radius 2 is 1.79 bits per heavy atom. The number of rotatable bonds is 6. The summed E-state index contributed by atoms with van der Waals surface area (Å²) in [4.78, 5) is 15.8. The van der Waals surface area contributed by atoms with E-state index in [1.165, 1.54) is 17.3 Å². The van der Waals surface area contributed by atoms with Crippen LogP contribution in [0.1, 0.15) is 18.4 Å². The van der Waals surface area contributed by atoms with Crippen LogP contribution in [0.3, 0.4) is 0 Å². The van der Waals surface area contributed by atoms with Crippen LogP contribution in [0.25, 0.3) is 0 Å². The van der Waals surface area contributed by atoms with Gasteiger partial charge in [-0.3, -0.25) is 9.69 Å². The number of ether oxygens (including phenoxy) is 2. The van der Waals surface area contributed by atoms with Crippen LogP contribution in [0.5, 0.6) is 11.5 Å². The first-order valence-corrected chi connectivity index (χ1v) is 11.3. The fourth-order valence-corrected chi connectivity index (χ4v) is 4.48. The lowest BCUT2D eigenvalue weighted by molar-refractivity contribution is -0.119. The third-order valence-corrected chi connectivity index (χ3v) is 6.40. The van der Waals surface area contributed by atoms with E-state index in [2.05, 4.69) is 22.3 Å². The van der Waals surface area contributed by atoms with E-state index in [-0.39, 0.29) is 11.9 Å². The van der Waals surface area contributed by atoms with Gasteiger partial charge in [0.2, 0.25) is 5.91 Å². The SMILES string of the molecule is O=C(CSc1ccc2c(c1)OCCO2)NC1CCN(Cc2ccc(Cl)cc2)CC1. The molecule has 5 nitrogen and oxygen atoms in total. The molecular formula is C22H25ClN2O3S. The Bertz CT molecular complexity index is 838. The molecule has 154 valence electrons. The highest BCUT2D eigenvalue weighted by Crippen LogP contribution is 2.34. The molecule has 0 radical (unpaired) electrons. The zero-order valence-corrected chi connectivity index (χ0v) is 17.8. The fraction of sp³-hybridized carbons (Fsp3) is 0.409.